The van der Waals surface area contributed by atoms with Crippen molar-refractivity contribution in [1.82, 2.24) is 24.8 Å². The fourth-order valence-corrected chi connectivity index (χ4v) is 4.91. The summed E-state index contributed by atoms with van der Waals surface area (Å²) in [4.78, 5) is 38.4. The van der Waals surface area contributed by atoms with E-state index in [4.69, 9.17) is 4.74 Å². The molecule has 42 heavy (non-hydrogen) atoms. The van der Waals surface area contributed by atoms with Gasteiger partial charge >= 0.3 is 5.97 Å². The average molecular weight is 562 g/mol. The number of hydrogen-bond donors (Lipinski definition) is 2. The van der Waals surface area contributed by atoms with Gasteiger partial charge in [0.05, 0.1) is 12.5 Å². The molecule has 3 heterocycles. The molecule has 0 spiro atoms. The van der Waals surface area contributed by atoms with Crippen molar-refractivity contribution in [2.75, 3.05) is 0 Å². The molecule has 0 fully saturated rings. The van der Waals surface area contributed by atoms with Crippen LogP contribution in [0.2, 0.25) is 0 Å². The summed E-state index contributed by atoms with van der Waals surface area (Å²) in [5.41, 5.74) is 5.02. The highest BCUT2D eigenvalue weighted by atomic mass is 16.5. The summed E-state index contributed by atoms with van der Waals surface area (Å²) in [6.07, 6.45) is 11.3. The van der Waals surface area contributed by atoms with E-state index in [9.17, 15) is 9.59 Å². The van der Waals surface area contributed by atoms with Crippen molar-refractivity contribution >= 4 is 11.9 Å². The summed E-state index contributed by atoms with van der Waals surface area (Å²) in [6.45, 7) is 4.34. The number of pyridine rings is 1. The third kappa shape index (κ3) is 7.40. The molecule has 0 unspecified atom stereocenters. The normalized spacial score (nSPS) is 12.5. The highest BCUT2D eigenvalue weighted by Gasteiger charge is 2.28. The van der Waals surface area contributed by atoms with Crippen LogP contribution in [0.1, 0.15) is 50.2 Å². The number of nitrogens with one attached hydrogen (secondary N) is 2. The number of carbonyl (C=O) groups is 2. The first-order valence-corrected chi connectivity index (χ1v) is 14.1. The second-order valence-electron chi connectivity index (χ2n) is 10.7. The Bertz CT molecular complexity index is 1560. The van der Waals surface area contributed by atoms with Gasteiger partial charge in [-0.2, -0.15) is 0 Å². The lowest BCUT2D eigenvalue weighted by atomic mass is 10.0. The molecule has 214 valence electrons. The highest BCUT2D eigenvalue weighted by molar-refractivity contribution is 5.86. The number of amides is 1. The molecule has 8 heteroatoms. The predicted octanol–water partition coefficient (Wildman–Crippen LogP) is 6.52. The van der Waals surface area contributed by atoms with Crippen LogP contribution in [-0.2, 0) is 20.9 Å². The molecular weight excluding hydrogens is 526 g/mol. The quantitative estimate of drug-likeness (QED) is 0.169. The molecule has 8 nitrogen and oxygen atoms in total. The van der Waals surface area contributed by atoms with Crippen molar-refractivity contribution in [3.8, 4) is 22.3 Å². The van der Waals surface area contributed by atoms with Crippen LogP contribution < -0.4 is 5.32 Å². The molecule has 2 atom stereocenters. The van der Waals surface area contributed by atoms with Gasteiger partial charge in [-0.15, -0.1) is 0 Å². The lowest BCUT2D eigenvalue weighted by Gasteiger charge is -2.23. The third-order valence-electron chi connectivity index (χ3n) is 7.08. The first-order valence-electron chi connectivity index (χ1n) is 14.1. The van der Waals surface area contributed by atoms with Gasteiger partial charge in [-0.05, 0) is 58.4 Å². The lowest BCUT2D eigenvalue weighted by Crippen LogP contribution is -2.37. The third-order valence-corrected chi connectivity index (χ3v) is 7.08. The van der Waals surface area contributed by atoms with Gasteiger partial charge in [-0.1, -0.05) is 68.4 Å². The number of aromatic nitrogens is 4. The summed E-state index contributed by atoms with van der Waals surface area (Å²) in [7, 11) is 0. The first kappa shape index (κ1) is 28.5. The van der Waals surface area contributed by atoms with Gasteiger partial charge in [0.25, 0.3) is 0 Å². The van der Waals surface area contributed by atoms with E-state index >= 15 is 0 Å². The minimum atomic E-state index is -0.803. The van der Waals surface area contributed by atoms with Gasteiger partial charge in [-0.25, -0.2) is 4.98 Å². The van der Waals surface area contributed by atoms with Crippen LogP contribution in [0.5, 0.6) is 0 Å². The zero-order valence-electron chi connectivity index (χ0n) is 23.8. The molecule has 0 radical (unpaired) electrons. The van der Waals surface area contributed by atoms with E-state index < -0.39 is 12.0 Å². The summed E-state index contributed by atoms with van der Waals surface area (Å²) in [5, 5.41) is 3.14. The Balaban J connectivity index is 1.36. The number of aromatic amines is 1. The van der Waals surface area contributed by atoms with E-state index in [1.54, 1.807) is 29.4 Å². The molecule has 0 saturated heterocycles. The molecule has 5 aromatic rings. The fraction of sp³-hybridized carbons (Fsp3) is 0.235. The Morgan fingerprint density at radius 2 is 1.57 bits per heavy atom. The maximum atomic E-state index is 13.8. The number of imidazole rings is 1. The molecule has 0 aliphatic rings. The number of H-pyrrole nitrogens is 1. The van der Waals surface area contributed by atoms with Gasteiger partial charge in [0.2, 0.25) is 5.91 Å². The minimum Gasteiger partial charge on any atom is -0.461 e. The zero-order valence-corrected chi connectivity index (χ0v) is 23.8. The van der Waals surface area contributed by atoms with Gasteiger partial charge in [-0.3, -0.25) is 14.6 Å². The number of benzene rings is 2. The summed E-state index contributed by atoms with van der Waals surface area (Å²) in [5.74, 6) is 0.284. The van der Waals surface area contributed by atoms with E-state index in [1.165, 1.54) is 0 Å². The van der Waals surface area contributed by atoms with Crippen LogP contribution in [0.4, 0.5) is 0 Å². The number of esters is 1. The Labute approximate surface area is 245 Å². The SMILES string of the molecule is CC(C)C[C@H](NC(=O)[C@@H](CC(=O)OCc1ccccc1)n1ccc(-c2ccc(-c3ccncc3)cc2)c1)c1ncc[nH]1. The van der Waals surface area contributed by atoms with Crippen molar-refractivity contribution in [3.63, 3.8) is 0 Å². The van der Waals surface area contributed by atoms with Gasteiger partial charge in [0.1, 0.15) is 18.5 Å². The van der Waals surface area contributed by atoms with E-state index in [-0.39, 0.29) is 25.0 Å². The summed E-state index contributed by atoms with van der Waals surface area (Å²) in [6, 6.07) is 22.5. The van der Waals surface area contributed by atoms with Crippen LogP contribution in [-0.4, -0.2) is 31.4 Å². The number of carbonyl (C=O) groups excluding carboxylic acids is 2. The molecule has 2 aromatic carbocycles. The monoisotopic (exact) mass is 561 g/mol. The molecule has 0 saturated carbocycles. The van der Waals surface area contributed by atoms with Gasteiger partial charge < -0.3 is 19.6 Å². The van der Waals surface area contributed by atoms with Crippen LogP contribution in [0, 0.1) is 5.92 Å². The van der Waals surface area contributed by atoms with Gasteiger partial charge in [0.15, 0.2) is 0 Å². The Morgan fingerprint density at radius 1 is 0.881 bits per heavy atom. The summed E-state index contributed by atoms with van der Waals surface area (Å²) < 4.78 is 7.35. The molecule has 0 aliphatic carbocycles. The predicted molar refractivity (Wildman–Crippen MR) is 162 cm³/mol. The summed E-state index contributed by atoms with van der Waals surface area (Å²) >= 11 is 0. The van der Waals surface area contributed by atoms with Crippen molar-refractivity contribution < 1.29 is 14.3 Å². The van der Waals surface area contributed by atoms with Crippen molar-refractivity contribution in [2.45, 2.75) is 45.4 Å². The largest absolute Gasteiger partial charge is 0.461 e. The number of hydrogen-bond acceptors (Lipinski definition) is 5. The standard InChI is InChI=1S/C34H35N5O3/c1-24(2)20-30(33-36-17-18-37-33)38-34(41)31(21-32(40)42-23-25-6-4-3-5-7-25)39-19-14-29(22-39)27-10-8-26(9-11-27)28-12-15-35-16-13-28/h3-19,22,24,30-31H,20-21,23H2,1-2H3,(H,36,37)(H,38,41)/t30-,31+/m0/s1. The van der Waals surface area contributed by atoms with Crippen LogP contribution in [0.25, 0.3) is 22.3 Å². The number of nitrogens with zero attached hydrogens (tertiary/aromatic N) is 3. The molecular formula is C34H35N5O3. The van der Waals surface area contributed by atoms with E-state index in [0.717, 1.165) is 27.8 Å². The first-order chi connectivity index (χ1) is 20.5. The Hall–Kier alpha value is -4.98. The molecule has 0 aliphatic heterocycles. The maximum Gasteiger partial charge on any atom is 0.308 e. The van der Waals surface area contributed by atoms with Crippen molar-refractivity contribution in [3.05, 3.63) is 121 Å². The van der Waals surface area contributed by atoms with E-state index in [0.29, 0.717) is 18.2 Å². The lowest BCUT2D eigenvalue weighted by molar-refractivity contribution is -0.147. The molecule has 0 bridgehead atoms. The topological polar surface area (TPSA) is 102 Å². The van der Waals surface area contributed by atoms with Crippen molar-refractivity contribution in [1.29, 1.82) is 0 Å². The van der Waals surface area contributed by atoms with Crippen LogP contribution in [0.3, 0.4) is 0 Å². The van der Waals surface area contributed by atoms with Gasteiger partial charge in [0, 0.05) is 37.2 Å². The van der Waals surface area contributed by atoms with Crippen molar-refractivity contribution in [2.24, 2.45) is 5.92 Å². The second-order valence-corrected chi connectivity index (χ2v) is 10.7. The van der Waals surface area contributed by atoms with Crippen LogP contribution >= 0.6 is 0 Å². The highest BCUT2D eigenvalue weighted by Crippen LogP contribution is 2.27. The number of rotatable bonds is 12. The molecule has 1 amide bonds. The smallest absolute Gasteiger partial charge is 0.308 e. The molecule has 2 N–H and O–H groups in total. The Morgan fingerprint density at radius 3 is 2.24 bits per heavy atom. The molecule has 5 rings (SSSR count). The number of ether oxygens (including phenoxy) is 1. The molecule has 3 aromatic heterocycles. The van der Waals surface area contributed by atoms with E-state index in [2.05, 4.69) is 46.2 Å². The van der Waals surface area contributed by atoms with Crippen LogP contribution in [0.15, 0.2) is 110 Å². The zero-order chi connectivity index (χ0) is 29.3. The minimum absolute atomic E-state index is 0.111. The average Bonchev–Trinajstić information content (AvgIpc) is 3.73. The fourth-order valence-electron chi connectivity index (χ4n) is 4.91. The van der Waals surface area contributed by atoms with E-state index in [1.807, 2.05) is 73.1 Å². The maximum absolute atomic E-state index is 13.8. The second kappa shape index (κ2) is 13.6. The Kier molecular flexibility index (Phi) is 9.23.